The number of carbonyl (C=O) groups excluding carboxylic acids is 1. The van der Waals surface area contributed by atoms with Crippen molar-refractivity contribution in [1.82, 2.24) is 19.4 Å². The molecule has 8 heteroatoms. The molecular formula is C14H22N4O3S. The Kier molecular flexibility index (Phi) is 3.98. The van der Waals surface area contributed by atoms with Crippen molar-refractivity contribution in [2.45, 2.75) is 50.7 Å². The van der Waals surface area contributed by atoms with Crippen LogP contribution in [0.3, 0.4) is 0 Å². The number of aryl methyl sites for hydroxylation is 1. The molecule has 1 saturated heterocycles. The molecule has 22 heavy (non-hydrogen) atoms. The predicted molar refractivity (Wildman–Crippen MR) is 81.4 cm³/mol. The lowest BCUT2D eigenvalue weighted by molar-refractivity contribution is -0.138. The maximum atomic E-state index is 12.4. The van der Waals surface area contributed by atoms with Crippen molar-refractivity contribution in [3.63, 3.8) is 0 Å². The lowest BCUT2D eigenvalue weighted by Crippen LogP contribution is -2.53. The van der Waals surface area contributed by atoms with Crippen LogP contribution in [0.4, 0.5) is 0 Å². The van der Waals surface area contributed by atoms with Crippen molar-refractivity contribution in [3.05, 3.63) is 18.0 Å². The van der Waals surface area contributed by atoms with E-state index < -0.39 is 10.0 Å². The normalized spacial score (nSPS) is 26.5. The van der Waals surface area contributed by atoms with Crippen molar-refractivity contribution in [3.8, 4) is 0 Å². The molecule has 1 N–H and O–H groups in total. The molecule has 2 heterocycles. The second kappa shape index (κ2) is 5.66. The van der Waals surface area contributed by atoms with Gasteiger partial charge in [-0.2, -0.15) is 5.10 Å². The van der Waals surface area contributed by atoms with Crippen LogP contribution in [0.25, 0.3) is 0 Å². The number of amides is 1. The van der Waals surface area contributed by atoms with Crippen LogP contribution in [0.5, 0.6) is 0 Å². The summed E-state index contributed by atoms with van der Waals surface area (Å²) in [6.07, 6.45) is 4.59. The van der Waals surface area contributed by atoms with Crippen LogP contribution in [-0.4, -0.2) is 46.8 Å². The van der Waals surface area contributed by atoms with Gasteiger partial charge in [0.1, 0.15) is 0 Å². The molecule has 1 aromatic heterocycles. The van der Waals surface area contributed by atoms with E-state index in [2.05, 4.69) is 9.82 Å². The quantitative estimate of drug-likeness (QED) is 0.856. The summed E-state index contributed by atoms with van der Waals surface area (Å²) >= 11 is 0. The summed E-state index contributed by atoms with van der Waals surface area (Å²) in [5.41, 5.74) is 0.878. The first-order chi connectivity index (χ1) is 10.4. The average molecular weight is 326 g/mol. The van der Waals surface area contributed by atoms with Crippen LogP contribution in [0, 0.1) is 0 Å². The summed E-state index contributed by atoms with van der Waals surface area (Å²) in [6.45, 7) is 1.62. The topological polar surface area (TPSA) is 84.3 Å². The van der Waals surface area contributed by atoms with E-state index >= 15 is 0 Å². The lowest BCUT2D eigenvalue weighted by atomic mass is 9.93. The second-order valence-corrected chi connectivity index (χ2v) is 8.07. The minimum absolute atomic E-state index is 0.0407. The Labute approximate surface area is 130 Å². The summed E-state index contributed by atoms with van der Waals surface area (Å²) in [5, 5.41) is 4.18. The van der Waals surface area contributed by atoms with Gasteiger partial charge in [0.25, 0.3) is 0 Å². The zero-order valence-corrected chi connectivity index (χ0v) is 13.7. The van der Waals surface area contributed by atoms with Gasteiger partial charge in [-0.1, -0.05) is 0 Å². The number of carbonyl (C=O) groups is 1. The number of hydrogen-bond donors (Lipinski definition) is 1. The third kappa shape index (κ3) is 2.89. The van der Waals surface area contributed by atoms with E-state index in [1.54, 1.807) is 17.8 Å². The zero-order chi connectivity index (χ0) is 15.9. The van der Waals surface area contributed by atoms with E-state index in [0.29, 0.717) is 12.8 Å². The van der Waals surface area contributed by atoms with Gasteiger partial charge in [-0.15, -0.1) is 0 Å². The van der Waals surface area contributed by atoms with Gasteiger partial charge >= 0.3 is 0 Å². The van der Waals surface area contributed by atoms with Crippen LogP contribution in [0.2, 0.25) is 0 Å². The van der Waals surface area contributed by atoms with Gasteiger partial charge in [-0.05, 0) is 32.3 Å². The molecule has 1 aliphatic heterocycles. The Bertz CT molecular complexity index is 665. The van der Waals surface area contributed by atoms with E-state index in [4.69, 9.17) is 0 Å². The number of aromatic nitrogens is 2. The molecule has 3 rings (SSSR count). The number of nitrogens with zero attached hydrogens (tertiary/aromatic N) is 3. The van der Waals surface area contributed by atoms with Crippen LogP contribution >= 0.6 is 0 Å². The third-order valence-electron chi connectivity index (χ3n) is 4.45. The highest BCUT2D eigenvalue weighted by atomic mass is 32.2. The van der Waals surface area contributed by atoms with Crippen molar-refractivity contribution in [1.29, 1.82) is 0 Å². The van der Waals surface area contributed by atoms with E-state index in [1.807, 2.05) is 18.0 Å². The molecule has 0 unspecified atom stereocenters. The van der Waals surface area contributed by atoms with E-state index in [0.717, 1.165) is 18.5 Å². The Morgan fingerprint density at radius 2 is 2.09 bits per heavy atom. The highest BCUT2D eigenvalue weighted by Gasteiger charge is 2.46. The fraction of sp³-hybridized carbons (Fsp3) is 0.714. The van der Waals surface area contributed by atoms with Gasteiger partial charge in [-0.25, -0.2) is 13.1 Å². The minimum atomic E-state index is -3.32. The largest absolute Gasteiger partial charge is 0.329 e. The minimum Gasteiger partial charge on any atom is -0.329 e. The van der Waals surface area contributed by atoms with Crippen LogP contribution in [0.15, 0.2) is 12.3 Å². The Balaban J connectivity index is 1.97. The third-order valence-corrected chi connectivity index (χ3v) is 5.87. The SMILES string of the molecule is CCS(=O)(=O)N[C@@H]1CCC(=O)N(C2CC2)[C@H]1c1ccnn1C. The van der Waals surface area contributed by atoms with Crippen molar-refractivity contribution >= 4 is 15.9 Å². The molecular weight excluding hydrogens is 304 g/mol. The maximum Gasteiger partial charge on any atom is 0.223 e. The van der Waals surface area contributed by atoms with Gasteiger partial charge in [-0.3, -0.25) is 9.48 Å². The van der Waals surface area contributed by atoms with Gasteiger partial charge in [0.15, 0.2) is 0 Å². The zero-order valence-electron chi connectivity index (χ0n) is 12.9. The Hall–Kier alpha value is -1.41. The van der Waals surface area contributed by atoms with Gasteiger partial charge in [0, 0.05) is 31.7 Å². The number of nitrogens with one attached hydrogen (secondary N) is 1. The maximum absolute atomic E-state index is 12.4. The molecule has 0 spiro atoms. The number of rotatable bonds is 5. The molecule has 0 aromatic carbocycles. The molecule has 122 valence electrons. The van der Waals surface area contributed by atoms with Crippen LogP contribution in [0.1, 0.15) is 44.3 Å². The summed E-state index contributed by atoms with van der Waals surface area (Å²) in [7, 11) is -1.50. The van der Waals surface area contributed by atoms with E-state index in [-0.39, 0.29) is 29.8 Å². The number of sulfonamides is 1. The molecule has 2 atom stereocenters. The van der Waals surface area contributed by atoms with Gasteiger partial charge in [0.2, 0.25) is 15.9 Å². The molecule has 1 amide bonds. The van der Waals surface area contributed by atoms with E-state index in [9.17, 15) is 13.2 Å². The smallest absolute Gasteiger partial charge is 0.223 e. The van der Waals surface area contributed by atoms with Crippen LogP contribution in [-0.2, 0) is 21.9 Å². The van der Waals surface area contributed by atoms with E-state index in [1.165, 1.54) is 0 Å². The summed E-state index contributed by atoms with van der Waals surface area (Å²) < 4.78 is 28.5. The van der Waals surface area contributed by atoms with Crippen molar-refractivity contribution in [2.75, 3.05) is 5.75 Å². The summed E-state index contributed by atoms with van der Waals surface area (Å²) in [5.74, 6) is 0.152. The van der Waals surface area contributed by atoms with Crippen LogP contribution < -0.4 is 4.72 Å². The average Bonchev–Trinajstić information content (AvgIpc) is 3.22. The molecule has 1 saturated carbocycles. The molecule has 2 fully saturated rings. The number of likely N-dealkylation sites (tertiary alicyclic amines) is 1. The first kappa shape index (κ1) is 15.5. The summed E-state index contributed by atoms with van der Waals surface area (Å²) in [4.78, 5) is 14.3. The standard InChI is InChI=1S/C14H22N4O3S/c1-3-22(20,21)16-11-6-7-13(19)18(10-4-5-10)14(11)12-8-9-15-17(12)2/h8-11,14,16H,3-7H2,1-2H3/t11-,14-/m1/s1. The highest BCUT2D eigenvalue weighted by Crippen LogP contribution is 2.40. The Morgan fingerprint density at radius 3 is 2.64 bits per heavy atom. The molecule has 1 aromatic rings. The molecule has 2 aliphatic rings. The highest BCUT2D eigenvalue weighted by molar-refractivity contribution is 7.89. The van der Waals surface area contributed by atoms with Gasteiger partial charge < -0.3 is 4.90 Å². The second-order valence-electron chi connectivity index (χ2n) is 6.02. The Morgan fingerprint density at radius 1 is 1.36 bits per heavy atom. The fourth-order valence-electron chi connectivity index (χ4n) is 3.16. The first-order valence-electron chi connectivity index (χ1n) is 7.72. The first-order valence-corrected chi connectivity index (χ1v) is 9.37. The lowest BCUT2D eigenvalue weighted by Gasteiger charge is -2.41. The van der Waals surface area contributed by atoms with Crippen molar-refractivity contribution < 1.29 is 13.2 Å². The molecule has 0 bridgehead atoms. The number of hydrogen-bond acceptors (Lipinski definition) is 4. The molecule has 0 radical (unpaired) electrons. The van der Waals surface area contributed by atoms with Crippen molar-refractivity contribution in [2.24, 2.45) is 7.05 Å². The monoisotopic (exact) mass is 326 g/mol. The number of piperidine rings is 1. The molecule has 7 nitrogen and oxygen atoms in total. The molecule has 1 aliphatic carbocycles. The fourth-order valence-corrected chi connectivity index (χ4v) is 4.03. The predicted octanol–water partition coefficient (Wildman–Crippen LogP) is 0.554. The van der Waals surface area contributed by atoms with Gasteiger partial charge in [0.05, 0.1) is 17.5 Å². The summed E-state index contributed by atoms with van der Waals surface area (Å²) in [6, 6.07) is 1.54.